The second kappa shape index (κ2) is 6.00. The molecule has 1 unspecified atom stereocenters. The minimum atomic E-state index is -0.883. The van der Waals surface area contributed by atoms with Crippen LogP contribution in [0, 0.1) is 5.92 Å². The maximum Gasteiger partial charge on any atom is 0.326 e. The molecule has 90 valence electrons. The van der Waals surface area contributed by atoms with Gasteiger partial charge in [-0.2, -0.15) is 0 Å². The Morgan fingerprint density at radius 3 is 2.69 bits per heavy atom. The highest BCUT2D eigenvalue weighted by atomic mass is 79.9. The molecule has 0 spiro atoms. The van der Waals surface area contributed by atoms with Gasteiger partial charge in [0.15, 0.2) is 0 Å². The summed E-state index contributed by atoms with van der Waals surface area (Å²) in [7, 11) is 0. The highest BCUT2D eigenvalue weighted by molar-refractivity contribution is 9.10. The van der Waals surface area contributed by atoms with Gasteiger partial charge in [0, 0.05) is 9.35 Å². The van der Waals surface area contributed by atoms with Crippen LogP contribution in [0.3, 0.4) is 0 Å². The molecule has 0 saturated heterocycles. The molecule has 1 atom stereocenters. The standard InChI is InChI=1S/C10H13BrClNO2S/c1-5(2)4-13-8(10(14)15)7-3-6(11)9(12)16-7/h3,5,8,13H,4H2,1-2H3,(H,14,15). The number of aliphatic carboxylic acids is 1. The van der Waals surface area contributed by atoms with Crippen LogP contribution in [0.5, 0.6) is 0 Å². The summed E-state index contributed by atoms with van der Waals surface area (Å²) in [5.41, 5.74) is 0. The van der Waals surface area contributed by atoms with E-state index in [-0.39, 0.29) is 0 Å². The zero-order valence-electron chi connectivity index (χ0n) is 8.96. The van der Waals surface area contributed by atoms with Gasteiger partial charge < -0.3 is 5.11 Å². The second-order valence-corrected chi connectivity index (χ2v) is 6.38. The van der Waals surface area contributed by atoms with E-state index in [9.17, 15) is 4.79 Å². The number of nitrogens with one attached hydrogen (secondary N) is 1. The van der Waals surface area contributed by atoms with E-state index in [0.29, 0.717) is 21.7 Å². The Morgan fingerprint density at radius 2 is 2.31 bits per heavy atom. The average Bonchev–Trinajstić information content (AvgIpc) is 2.46. The van der Waals surface area contributed by atoms with Crippen LogP contribution in [-0.2, 0) is 4.79 Å². The van der Waals surface area contributed by atoms with E-state index in [2.05, 4.69) is 21.2 Å². The van der Waals surface area contributed by atoms with E-state index < -0.39 is 12.0 Å². The third-order valence-electron chi connectivity index (χ3n) is 1.93. The lowest BCUT2D eigenvalue weighted by Gasteiger charge is -2.14. The topological polar surface area (TPSA) is 49.3 Å². The molecule has 3 nitrogen and oxygen atoms in total. The van der Waals surface area contributed by atoms with Gasteiger partial charge in [-0.05, 0) is 34.5 Å². The Bertz CT molecular complexity index is 361. The molecule has 6 heteroatoms. The van der Waals surface area contributed by atoms with Crippen molar-refractivity contribution in [2.45, 2.75) is 19.9 Å². The first-order chi connectivity index (χ1) is 7.41. The van der Waals surface area contributed by atoms with Crippen molar-refractivity contribution in [1.29, 1.82) is 0 Å². The first-order valence-electron chi connectivity index (χ1n) is 4.82. The highest BCUT2D eigenvalue weighted by Gasteiger charge is 2.22. The Morgan fingerprint density at radius 1 is 1.69 bits per heavy atom. The molecule has 1 aromatic heterocycles. The molecule has 0 radical (unpaired) electrons. The molecule has 0 bridgehead atoms. The van der Waals surface area contributed by atoms with E-state index >= 15 is 0 Å². The van der Waals surface area contributed by atoms with Gasteiger partial charge in [-0.3, -0.25) is 10.1 Å². The maximum atomic E-state index is 11.1. The van der Waals surface area contributed by atoms with E-state index in [1.807, 2.05) is 13.8 Å². The average molecular weight is 327 g/mol. The lowest BCUT2D eigenvalue weighted by molar-refractivity contribution is -0.139. The number of carboxylic acids is 1. The molecule has 0 saturated carbocycles. The first-order valence-corrected chi connectivity index (χ1v) is 6.81. The van der Waals surface area contributed by atoms with E-state index in [0.717, 1.165) is 4.47 Å². The Balaban J connectivity index is 2.81. The zero-order chi connectivity index (χ0) is 12.3. The summed E-state index contributed by atoms with van der Waals surface area (Å²) in [5, 5.41) is 12.1. The minimum absolute atomic E-state index is 0.403. The van der Waals surface area contributed by atoms with E-state index in [4.69, 9.17) is 16.7 Å². The van der Waals surface area contributed by atoms with Gasteiger partial charge in [-0.15, -0.1) is 11.3 Å². The Labute approximate surface area is 112 Å². The molecular weight excluding hydrogens is 314 g/mol. The number of thiophene rings is 1. The number of carboxylic acid groups (broad SMARTS) is 1. The molecule has 0 aliphatic heterocycles. The largest absolute Gasteiger partial charge is 0.480 e. The molecule has 2 N–H and O–H groups in total. The van der Waals surface area contributed by atoms with Crippen LogP contribution in [0.1, 0.15) is 24.8 Å². The molecule has 1 heterocycles. The van der Waals surface area contributed by atoms with Crippen molar-refractivity contribution >= 4 is 44.8 Å². The summed E-state index contributed by atoms with van der Waals surface area (Å²) in [5.74, 6) is -0.480. The molecule has 16 heavy (non-hydrogen) atoms. The van der Waals surface area contributed by atoms with Crippen LogP contribution in [0.15, 0.2) is 10.5 Å². The first kappa shape index (κ1) is 14.0. The van der Waals surface area contributed by atoms with Crippen LogP contribution >= 0.6 is 38.9 Å². The third kappa shape index (κ3) is 3.73. The Kier molecular flexibility index (Phi) is 5.24. The summed E-state index contributed by atoms with van der Waals surface area (Å²) in [6.45, 7) is 4.72. The van der Waals surface area contributed by atoms with Gasteiger partial charge in [0.1, 0.15) is 10.4 Å². The number of halogens is 2. The van der Waals surface area contributed by atoms with Crippen LogP contribution in [0.4, 0.5) is 0 Å². The number of carbonyl (C=O) groups is 1. The highest BCUT2D eigenvalue weighted by Crippen LogP contribution is 2.35. The SMILES string of the molecule is CC(C)CNC(C(=O)O)c1cc(Br)c(Cl)s1. The summed E-state index contributed by atoms with van der Waals surface area (Å²) in [6.07, 6.45) is 0. The molecule has 0 aliphatic carbocycles. The molecule has 0 fully saturated rings. The molecule has 1 aromatic rings. The summed E-state index contributed by atoms with van der Waals surface area (Å²) >= 11 is 10.4. The maximum absolute atomic E-state index is 11.1. The fourth-order valence-corrected chi connectivity index (χ4v) is 2.97. The van der Waals surface area contributed by atoms with Crippen molar-refractivity contribution in [3.05, 3.63) is 19.8 Å². The summed E-state index contributed by atoms with van der Waals surface area (Å²) in [6, 6.07) is 1.07. The van der Waals surface area contributed by atoms with Crippen molar-refractivity contribution < 1.29 is 9.90 Å². The predicted octanol–water partition coefficient (Wildman–Crippen LogP) is 3.54. The fourth-order valence-electron chi connectivity index (χ4n) is 1.17. The van der Waals surface area contributed by atoms with Gasteiger partial charge in [0.25, 0.3) is 0 Å². The van der Waals surface area contributed by atoms with Crippen molar-refractivity contribution in [2.24, 2.45) is 5.92 Å². The van der Waals surface area contributed by atoms with Crippen LogP contribution in [0.25, 0.3) is 0 Å². The van der Waals surface area contributed by atoms with E-state index in [1.54, 1.807) is 6.07 Å². The molecule has 0 amide bonds. The second-order valence-electron chi connectivity index (χ2n) is 3.84. The van der Waals surface area contributed by atoms with Crippen LogP contribution < -0.4 is 5.32 Å². The molecule has 0 aliphatic rings. The lowest BCUT2D eigenvalue weighted by atomic mass is 10.2. The number of hydrogen-bond acceptors (Lipinski definition) is 3. The smallest absolute Gasteiger partial charge is 0.326 e. The van der Waals surface area contributed by atoms with Crippen LogP contribution in [-0.4, -0.2) is 17.6 Å². The quantitative estimate of drug-likeness (QED) is 0.870. The summed E-state index contributed by atoms with van der Waals surface area (Å²) < 4.78 is 1.32. The predicted molar refractivity (Wildman–Crippen MR) is 70.2 cm³/mol. The lowest BCUT2D eigenvalue weighted by Crippen LogP contribution is -2.30. The van der Waals surface area contributed by atoms with Gasteiger partial charge in [0.05, 0.1) is 0 Å². The normalized spacial score (nSPS) is 13.1. The van der Waals surface area contributed by atoms with Crippen molar-refractivity contribution in [1.82, 2.24) is 5.32 Å². The van der Waals surface area contributed by atoms with Crippen LogP contribution in [0.2, 0.25) is 4.34 Å². The number of rotatable bonds is 5. The van der Waals surface area contributed by atoms with Crippen molar-refractivity contribution in [3.63, 3.8) is 0 Å². The third-order valence-corrected chi connectivity index (χ3v) is 4.47. The molecule has 0 aromatic carbocycles. The van der Waals surface area contributed by atoms with Crippen molar-refractivity contribution in [3.8, 4) is 0 Å². The minimum Gasteiger partial charge on any atom is -0.480 e. The van der Waals surface area contributed by atoms with E-state index in [1.165, 1.54) is 11.3 Å². The van der Waals surface area contributed by atoms with Gasteiger partial charge >= 0.3 is 5.97 Å². The van der Waals surface area contributed by atoms with Gasteiger partial charge in [-0.1, -0.05) is 25.4 Å². The monoisotopic (exact) mass is 325 g/mol. The molecule has 1 rings (SSSR count). The number of hydrogen-bond donors (Lipinski definition) is 2. The van der Waals surface area contributed by atoms with Crippen molar-refractivity contribution in [2.75, 3.05) is 6.54 Å². The fraction of sp³-hybridized carbons (Fsp3) is 0.500. The Hall–Kier alpha value is -0.100. The van der Waals surface area contributed by atoms with Gasteiger partial charge in [-0.25, -0.2) is 0 Å². The van der Waals surface area contributed by atoms with Gasteiger partial charge in [0.2, 0.25) is 0 Å². The molecular formula is C10H13BrClNO2S. The zero-order valence-corrected chi connectivity index (χ0v) is 12.1. The summed E-state index contributed by atoms with van der Waals surface area (Å²) in [4.78, 5) is 11.8.